The summed E-state index contributed by atoms with van der Waals surface area (Å²) in [6, 6.07) is 0. The number of hydrogen-bond acceptors (Lipinski definition) is 4. The maximum atomic E-state index is 11.7. The molecule has 6 nitrogen and oxygen atoms in total. The van der Waals surface area contributed by atoms with Crippen molar-refractivity contribution < 1.29 is 29.7 Å². The van der Waals surface area contributed by atoms with E-state index in [0.29, 0.717) is 0 Å². The minimum Gasteiger partial charge on any atom is -0.481 e. The summed E-state index contributed by atoms with van der Waals surface area (Å²) in [5.74, 6) is -3.27. The van der Waals surface area contributed by atoms with Gasteiger partial charge in [0.2, 0.25) is 0 Å². The normalized spacial score (nSPS) is 49.0. The van der Waals surface area contributed by atoms with Gasteiger partial charge in [-0.05, 0) is 38.5 Å². The summed E-state index contributed by atoms with van der Waals surface area (Å²) in [4.78, 5) is 35.1. The zero-order valence-electron chi connectivity index (χ0n) is 10.8. The van der Waals surface area contributed by atoms with Gasteiger partial charge in [0, 0.05) is 4.75 Å². The van der Waals surface area contributed by atoms with Crippen LogP contribution in [0.25, 0.3) is 0 Å². The Kier molecular flexibility index (Phi) is 2.40. The first-order valence-electron chi connectivity index (χ1n) is 6.50. The van der Waals surface area contributed by atoms with E-state index >= 15 is 0 Å². The lowest BCUT2D eigenvalue weighted by molar-refractivity contribution is -0.204. The van der Waals surface area contributed by atoms with Crippen molar-refractivity contribution >= 4 is 30.5 Å². The van der Waals surface area contributed by atoms with Gasteiger partial charge in [-0.3, -0.25) is 14.4 Å². The summed E-state index contributed by atoms with van der Waals surface area (Å²) in [6.45, 7) is 0. The number of aliphatic carboxylic acids is 3. The van der Waals surface area contributed by atoms with Gasteiger partial charge in [0.05, 0.1) is 16.2 Å². The maximum Gasteiger partial charge on any atom is 0.309 e. The third-order valence-electron chi connectivity index (χ3n) is 5.39. The van der Waals surface area contributed by atoms with Gasteiger partial charge in [0.1, 0.15) is 0 Å². The number of carboxylic acid groups (broad SMARTS) is 3. The Morgan fingerprint density at radius 2 is 0.900 bits per heavy atom. The molecule has 4 bridgehead atoms. The van der Waals surface area contributed by atoms with Gasteiger partial charge in [-0.25, -0.2) is 0 Å². The number of hydrogen-bond donors (Lipinski definition) is 4. The van der Waals surface area contributed by atoms with E-state index in [-0.39, 0.29) is 38.5 Å². The lowest BCUT2D eigenvalue weighted by Gasteiger charge is -2.65. The third-order valence-corrected chi connectivity index (χ3v) is 5.87. The van der Waals surface area contributed by atoms with E-state index < -0.39 is 38.9 Å². The molecule has 0 radical (unpaired) electrons. The predicted molar refractivity (Wildman–Crippen MR) is 69.6 cm³/mol. The second-order valence-corrected chi connectivity index (χ2v) is 7.99. The molecule has 0 unspecified atom stereocenters. The average Bonchev–Trinajstić information content (AvgIpc) is 2.24. The largest absolute Gasteiger partial charge is 0.481 e. The number of carboxylic acids is 3. The standard InChI is InChI=1S/C13H16O6S/c14-7(15)10-1-11(8(16)17)3-12(2-10,9(18)19)6-13(20,4-10)5-11/h20H,1-6H2,(H,14,15)(H,16,17)(H,18,19). The third kappa shape index (κ3) is 1.50. The average molecular weight is 300 g/mol. The van der Waals surface area contributed by atoms with E-state index in [1.807, 2.05) is 0 Å². The highest BCUT2D eigenvalue weighted by molar-refractivity contribution is 7.81. The van der Waals surface area contributed by atoms with Crippen molar-refractivity contribution in [2.24, 2.45) is 16.2 Å². The Hall–Kier alpha value is -1.24. The minimum absolute atomic E-state index is 0.0159. The van der Waals surface area contributed by atoms with E-state index in [1.165, 1.54) is 0 Å². The van der Waals surface area contributed by atoms with Gasteiger partial charge in [-0.15, -0.1) is 0 Å². The Morgan fingerprint density at radius 3 is 1.10 bits per heavy atom. The lowest BCUT2D eigenvalue weighted by atomic mass is 9.39. The van der Waals surface area contributed by atoms with Crippen LogP contribution < -0.4 is 0 Å². The predicted octanol–water partition coefficient (Wildman–Crippen LogP) is 1.25. The summed E-state index contributed by atoms with van der Waals surface area (Å²) in [7, 11) is 0. The van der Waals surface area contributed by atoms with Crippen LogP contribution in [0, 0.1) is 16.2 Å². The topological polar surface area (TPSA) is 112 Å². The number of thiol groups is 1. The molecule has 3 N–H and O–H groups in total. The Balaban J connectivity index is 2.20. The molecule has 0 amide bonds. The van der Waals surface area contributed by atoms with E-state index in [2.05, 4.69) is 12.6 Å². The monoisotopic (exact) mass is 300 g/mol. The van der Waals surface area contributed by atoms with Gasteiger partial charge < -0.3 is 15.3 Å². The molecule has 4 fully saturated rings. The van der Waals surface area contributed by atoms with Crippen LogP contribution in [-0.4, -0.2) is 38.0 Å². The minimum atomic E-state index is -1.27. The fourth-order valence-electron chi connectivity index (χ4n) is 5.26. The summed E-state index contributed by atoms with van der Waals surface area (Å²) in [6.07, 6.45) is 0.805. The molecule has 4 saturated carbocycles. The van der Waals surface area contributed by atoms with E-state index in [4.69, 9.17) is 0 Å². The van der Waals surface area contributed by atoms with Crippen molar-refractivity contribution in [3.63, 3.8) is 0 Å². The second-order valence-electron chi connectivity index (χ2n) is 7.04. The van der Waals surface area contributed by atoms with Gasteiger partial charge in [-0.1, -0.05) is 0 Å². The Morgan fingerprint density at radius 1 is 0.650 bits per heavy atom. The van der Waals surface area contributed by atoms with Crippen molar-refractivity contribution in [2.75, 3.05) is 0 Å². The fraction of sp³-hybridized carbons (Fsp3) is 0.769. The van der Waals surface area contributed by atoms with Crippen LogP contribution in [-0.2, 0) is 14.4 Å². The highest BCUT2D eigenvalue weighted by atomic mass is 32.1. The molecular formula is C13H16O6S. The van der Waals surface area contributed by atoms with Crippen LogP contribution in [0.2, 0.25) is 0 Å². The summed E-state index contributed by atoms with van der Waals surface area (Å²) in [5.41, 5.74) is -3.81. The van der Waals surface area contributed by atoms with Gasteiger partial charge in [0.15, 0.2) is 0 Å². The van der Waals surface area contributed by atoms with Gasteiger partial charge in [0.25, 0.3) is 0 Å². The molecule has 0 spiro atoms. The SMILES string of the molecule is O=C(O)C12CC3(S)CC(C(=O)O)(C1)CC(C(=O)O)(C3)C2. The summed E-state index contributed by atoms with van der Waals surface area (Å²) < 4.78 is -0.816. The second kappa shape index (κ2) is 3.50. The van der Waals surface area contributed by atoms with Crippen molar-refractivity contribution in [1.82, 2.24) is 0 Å². The molecule has 0 saturated heterocycles. The zero-order chi connectivity index (χ0) is 15.0. The van der Waals surface area contributed by atoms with Crippen LogP contribution in [0.15, 0.2) is 0 Å². The smallest absolute Gasteiger partial charge is 0.309 e. The molecule has 0 aromatic carbocycles. The molecule has 7 heteroatoms. The summed E-state index contributed by atoms with van der Waals surface area (Å²) in [5, 5.41) is 28.7. The molecule has 110 valence electrons. The highest BCUT2D eigenvalue weighted by Gasteiger charge is 2.73. The van der Waals surface area contributed by atoms with Crippen molar-refractivity contribution in [2.45, 2.75) is 43.3 Å². The first kappa shape index (κ1) is 13.7. The quantitative estimate of drug-likeness (QED) is 0.584. The van der Waals surface area contributed by atoms with Crippen LogP contribution >= 0.6 is 12.6 Å². The molecule has 20 heavy (non-hydrogen) atoms. The van der Waals surface area contributed by atoms with Crippen LogP contribution in [0.4, 0.5) is 0 Å². The van der Waals surface area contributed by atoms with E-state index in [0.717, 1.165) is 0 Å². The molecule has 0 atom stereocenters. The molecule has 4 aliphatic rings. The number of rotatable bonds is 3. The van der Waals surface area contributed by atoms with Crippen LogP contribution in [0.3, 0.4) is 0 Å². The molecule has 0 aliphatic heterocycles. The Bertz CT molecular complexity index is 459. The van der Waals surface area contributed by atoms with Crippen molar-refractivity contribution in [3.8, 4) is 0 Å². The maximum absolute atomic E-state index is 11.7. The first-order valence-corrected chi connectivity index (χ1v) is 6.95. The number of carbonyl (C=O) groups is 3. The van der Waals surface area contributed by atoms with Crippen molar-refractivity contribution in [1.29, 1.82) is 0 Å². The fourth-order valence-corrected chi connectivity index (χ4v) is 6.17. The van der Waals surface area contributed by atoms with E-state index in [1.54, 1.807) is 0 Å². The van der Waals surface area contributed by atoms with Crippen LogP contribution in [0.5, 0.6) is 0 Å². The highest BCUT2D eigenvalue weighted by Crippen LogP contribution is 2.72. The molecule has 0 aromatic rings. The Labute approximate surface area is 120 Å². The van der Waals surface area contributed by atoms with E-state index in [9.17, 15) is 29.7 Å². The first-order chi connectivity index (χ1) is 9.07. The van der Waals surface area contributed by atoms with Gasteiger partial charge in [-0.2, -0.15) is 12.6 Å². The molecule has 0 heterocycles. The summed E-state index contributed by atoms with van der Waals surface area (Å²) >= 11 is 4.51. The molecule has 0 aromatic heterocycles. The molecule has 4 aliphatic carbocycles. The lowest BCUT2D eigenvalue weighted by Crippen LogP contribution is -2.67. The van der Waals surface area contributed by atoms with Crippen molar-refractivity contribution in [3.05, 3.63) is 0 Å². The zero-order valence-corrected chi connectivity index (χ0v) is 11.7. The molecule has 4 rings (SSSR count). The van der Waals surface area contributed by atoms with Gasteiger partial charge >= 0.3 is 17.9 Å². The molecular weight excluding hydrogens is 284 g/mol. The van der Waals surface area contributed by atoms with Crippen LogP contribution in [0.1, 0.15) is 38.5 Å².